The van der Waals surface area contributed by atoms with Crippen LogP contribution in [0.1, 0.15) is 0 Å². The summed E-state index contributed by atoms with van der Waals surface area (Å²) in [5, 5.41) is 2.76. The van der Waals surface area contributed by atoms with Crippen molar-refractivity contribution in [2.24, 2.45) is 0 Å². The van der Waals surface area contributed by atoms with Crippen LogP contribution in [0, 0.1) is 0 Å². The van der Waals surface area contributed by atoms with E-state index in [1.165, 1.54) is 0 Å². The third-order valence-corrected chi connectivity index (χ3v) is 1.48. The molecule has 0 fully saturated rings. The van der Waals surface area contributed by atoms with E-state index in [9.17, 15) is 4.79 Å². The quantitative estimate of drug-likeness (QED) is 0.413. The van der Waals surface area contributed by atoms with Gasteiger partial charge in [0, 0.05) is 6.20 Å². The van der Waals surface area contributed by atoms with Crippen molar-refractivity contribution in [2.75, 3.05) is 27.2 Å². The van der Waals surface area contributed by atoms with Crippen molar-refractivity contribution in [1.29, 1.82) is 0 Å². The molecule has 0 radical (unpaired) electrons. The van der Waals surface area contributed by atoms with Gasteiger partial charge in [0.1, 0.15) is 0 Å². The average molecular weight is 185 g/mol. The smallest absolute Gasteiger partial charge is 0.234 e. The first-order valence-corrected chi connectivity index (χ1v) is 4.05. The first-order chi connectivity index (χ1) is 6.18. The van der Waals surface area contributed by atoms with E-state index in [2.05, 4.69) is 21.7 Å². The lowest BCUT2D eigenvalue weighted by Crippen LogP contribution is -2.38. The van der Waals surface area contributed by atoms with Gasteiger partial charge in [-0.05, 0) is 14.1 Å². The Balaban J connectivity index is 2.14. The molecule has 1 aliphatic rings. The first-order valence-electron chi connectivity index (χ1n) is 4.05. The van der Waals surface area contributed by atoms with E-state index in [-0.39, 0.29) is 5.91 Å². The van der Waals surface area contributed by atoms with Crippen molar-refractivity contribution >= 4 is 5.91 Å². The van der Waals surface area contributed by atoms with Gasteiger partial charge in [0.2, 0.25) is 5.91 Å². The maximum Gasteiger partial charge on any atom is 0.234 e. The fraction of sp³-hybridized carbons (Fsp3) is 0.571. The highest BCUT2D eigenvalue weighted by Crippen LogP contribution is 1.86. The summed E-state index contributed by atoms with van der Waals surface area (Å²) in [6, 6.07) is 0. The Bertz CT molecular complexity index is 213. The molecular weight excluding hydrogens is 170 g/mol. The molecular formula is C7H15N5O. The lowest BCUT2D eigenvalue weighted by atomic mass is 10.4. The lowest BCUT2D eigenvalue weighted by Gasteiger charge is -2.10. The number of nitrogens with one attached hydrogen (secondary N) is 4. The second-order valence-electron chi connectivity index (χ2n) is 3.08. The number of hydrogen-bond donors (Lipinski definition) is 4. The van der Waals surface area contributed by atoms with Crippen LogP contribution in [-0.2, 0) is 4.79 Å². The minimum absolute atomic E-state index is 0.0135. The van der Waals surface area contributed by atoms with E-state index in [0.717, 1.165) is 5.70 Å². The Kier molecular flexibility index (Phi) is 3.53. The normalized spacial score (nSPS) is 14.8. The highest BCUT2D eigenvalue weighted by Gasteiger charge is 2.05. The molecule has 1 heterocycles. The molecule has 0 bridgehead atoms. The summed E-state index contributed by atoms with van der Waals surface area (Å²) in [6.45, 7) is 0.917. The van der Waals surface area contributed by atoms with Gasteiger partial charge in [-0.25, -0.2) is 0 Å². The molecule has 4 N–H and O–H groups in total. The molecule has 0 aromatic heterocycles. The van der Waals surface area contributed by atoms with E-state index < -0.39 is 0 Å². The van der Waals surface area contributed by atoms with Crippen LogP contribution in [0.4, 0.5) is 0 Å². The molecule has 0 aromatic carbocycles. The average Bonchev–Trinajstić information content (AvgIpc) is 2.51. The zero-order valence-corrected chi connectivity index (χ0v) is 7.85. The fourth-order valence-electron chi connectivity index (χ4n) is 0.908. The predicted octanol–water partition coefficient (Wildman–Crippen LogP) is -1.88. The number of nitrogens with zero attached hydrogens (tertiary/aromatic N) is 1. The first kappa shape index (κ1) is 9.82. The van der Waals surface area contributed by atoms with Gasteiger partial charge in [-0.2, -0.15) is 5.53 Å². The lowest BCUT2D eigenvalue weighted by molar-refractivity contribution is -0.121. The van der Waals surface area contributed by atoms with Crippen LogP contribution in [0.25, 0.3) is 0 Å². The predicted molar refractivity (Wildman–Crippen MR) is 49.1 cm³/mol. The molecule has 74 valence electrons. The molecule has 1 aliphatic heterocycles. The van der Waals surface area contributed by atoms with Crippen LogP contribution in [0.2, 0.25) is 0 Å². The third-order valence-electron chi connectivity index (χ3n) is 1.48. The van der Waals surface area contributed by atoms with Gasteiger partial charge in [-0.15, -0.1) is 0 Å². The molecule has 1 amide bonds. The Morgan fingerprint density at radius 1 is 1.62 bits per heavy atom. The maximum atomic E-state index is 11.2. The highest BCUT2D eigenvalue weighted by molar-refractivity contribution is 5.78. The number of carbonyl (C=O) groups is 1. The summed E-state index contributed by atoms with van der Waals surface area (Å²) in [6.07, 6.45) is 1.76. The van der Waals surface area contributed by atoms with Crippen molar-refractivity contribution in [1.82, 2.24) is 26.6 Å². The Morgan fingerprint density at radius 3 is 2.92 bits per heavy atom. The van der Waals surface area contributed by atoms with Crippen LogP contribution in [0.5, 0.6) is 0 Å². The molecule has 6 heteroatoms. The molecule has 0 aromatic rings. The SMILES string of the molecule is CN(C)CC(=O)NCC1=CNNN1. The van der Waals surface area contributed by atoms with Crippen molar-refractivity contribution in [3.05, 3.63) is 11.9 Å². The number of hydrogen-bond acceptors (Lipinski definition) is 5. The zero-order chi connectivity index (χ0) is 9.68. The van der Waals surface area contributed by atoms with Gasteiger partial charge in [0.05, 0.1) is 18.8 Å². The third kappa shape index (κ3) is 3.77. The van der Waals surface area contributed by atoms with Crippen molar-refractivity contribution in [3.8, 4) is 0 Å². The molecule has 0 unspecified atom stereocenters. The maximum absolute atomic E-state index is 11.2. The van der Waals surface area contributed by atoms with E-state index >= 15 is 0 Å². The minimum atomic E-state index is 0.0135. The summed E-state index contributed by atoms with van der Waals surface area (Å²) in [4.78, 5) is 13.0. The van der Waals surface area contributed by atoms with E-state index in [1.807, 2.05) is 19.0 Å². The fourth-order valence-corrected chi connectivity index (χ4v) is 0.908. The largest absolute Gasteiger partial charge is 0.349 e. The summed E-state index contributed by atoms with van der Waals surface area (Å²) in [7, 11) is 3.71. The van der Waals surface area contributed by atoms with Crippen molar-refractivity contribution in [3.63, 3.8) is 0 Å². The molecule has 0 aliphatic carbocycles. The minimum Gasteiger partial charge on any atom is -0.349 e. The van der Waals surface area contributed by atoms with Crippen molar-refractivity contribution < 1.29 is 4.79 Å². The standard InChI is InChI=1S/C7H15N5O/c1-12(2)5-7(13)8-3-6-4-9-11-10-6/h4,9-11H,3,5H2,1-2H3,(H,8,13). The summed E-state index contributed by atoms with van der Waals surface area (Å²) < 4.78 is 0. The molecule has 1 rings (SSSR count). The second-order valence-corrected chi connectivity index (χ2v) is 3.08. The molecule has 0 spiro atoms. The summed E-state index contributed by atoms with van der Waals surface area (Å²) >= 11 is 0. The number of carbonyl (C=O) groups excluding carboxylic acids is 1. The number of rotatable bonds is 4. The van der Waals surface area contributed by atoms with Gasteiger partial charge in [0.25, 0.3) is 0 Å². The van der Waals surface area contributed by atoms with E-state index in [0.29, 0.717) is 13.1 Å². The second kappa shape index (κ2) is 4.68. The number of likely N-dealkylation sites (N-methyl/N-ethyl adjacent to an activating group) is 1. The summed E-state index contributed by atoms with van der Waals surface area (Å²) in [5.41, 5.74) is 9.18. The number of amides is 1. The van der Waals surface area contributed by atoms with E-state index in [1.54, 1.807) is 6.20 Å². The number of hydrazine groups is 2. The Hall–Kier alpha value is -1.27. The van der Waals surface area contributed by atoms with Gasteiger partial charge in [0.15, 0.2) is 0 Å². The zero-order valence-electron chi connectivity index (χ0n) is 7.85. The molecule has 13 heavy (non-hydrogen) atoms. The van der Waals surface area contributed by atoms with Crippen LogP contribution >= 0.6 is 0 Å². The topological polar surface area (TPSA) is 68.4 Å². The molecule has 0 saturated carbocycles. The van der Waals surface area contributed by atoms with Crippen LogP contribution in [-0.4, -0.2) is 38.0 Å². The van der Waals surface area contributed by atoms with Gasteiger partial charge in [-0.3, -0.25) is 4.79 Å². The monoisotopic (exact) mass is 185 g/mol. The highest BCUT2D eigenvalue weighted by atomic mass is 16.2. The van der Waals surface area contributed by atoms with Crippen LogP contribution in [0.15, 0.2) is 11.9 Å². The Labute approximate surface area is 77.3 Å². The summed E-state index contributed by atoms with van der Waals surface area (Å²) in [5.74, 6) is 0.0135. The molecule has 0 saturated heterocycles. The van der Waals surface area contributed by atoms with E-state index in [4.69, 9.17) is 0 Å². The van der Waals surface area contributed by atoms with Gasteiger partial charge < -0.3 is 21.1 Å². The van der Waals surface area contributed by atoms with Crippen LogP contribution in [0.3, 0.4) is 0 Å². The van der Waals surface area contributed by atoms with Crippen molar-refractivity contribution in [2.45, 2.75) is 0 Å². The Morgan fingerprint density at radius 2 is 2.38 bits per heavy atom. The van der Waals surface area contributed by atoms with Gasteiger partial charge in [-0.1, -0.05) is 0 Å². The van der Waals surface area contributed by atoms with Crippen LogP contribution < -0.4 is 21.7 Å². The molecule has 6 nitrogen and oxygen atoms in total. The molecule has 0 atom stereocenters. The van der Waals surface area contributed by atoms with Gasteiger partial charge >= 0.3 is 0 Å².